The summed E-state index contributed by atoms with van der Waals surface area (Å²) in [4.78, 5) is 12.6. The molecule has 21 heavy (non-hydrogen) atoms. The van der Waals surface area contributed by atoms with Gasteiger partial charge in [-0.05, 0) is 48.6 Å². The lowest BCUT2D eigenvalue weighted by Crippen LogP contribution is -2.00. The number of furan rings is 1. The molecule has 0 aliphatic heterocycles. The number of fused-ring (bicyclic) bond motifs is 2. The van der Waals surface area contributed by atoms with Crippen molar-refractivity contribution in [1.82, 2.24) is 0 Å². The molecule has 3 aromatic rings. The first-order valence-electron chi connectivity index (χ1n) is 7.07. The van der Waals surface area contributed by atoms with Crippen LogP contribution in [0.3, 0.4) is 0 Å². The van der Waals surface area contributed by atoms with Crippen LogP contribution < -0.4 is 0 Å². The summed E-state index contributed by atoms with van der Waals surface area (Å²) >= 11 is 6.09. The Morgan fingerprint density at radius 2 is 1.90 bits per heavy atom. The zero-order valence-electron chi connectivity index (χ0n) is 11.4. The molecule has 2 nitrogen and oxygen atoms in total. The highest BCUT2D eigenvalue weighted by molar-refractivity contribution is 6.35. The van der Waals surface area contributed by atoms with Gasteiger partial charge in [-0.2, -0.15) is 0 Å². The van der Waals surface area contributed by atoms with Gasteiger partial charge >= 0.3 is 0 Å². The molecule has 0 spiro atoms. The van der Waals surface area contributed by atoms with Crippen molar-refractivity contribution in [1.29, 1.82) is 0 Å². The fraction of sp³-hybridized carbons (Fsp3) is 0.167. The van der Waals surface area contributed by atoms with Gasteiger partial charge in [-0.25, -0.2) is 0 Å². The summed E-state index contributed by atoms with van der Waals surface area (Å²) in [6.07, 6.45) is 3.35. The molecule has 0 unspecified atom stereocenters. The van der Waals surface area contributed by atoms with E-state index in [4.69, 9.17) is 16.0 Å². The van der Waals surface area contributed by atoms with E-state index in [2.05, 4.69) is 6.07 Å². The van der Waals surface area contributed by atoms with Crippen molar-refractivity contribution in [3.05, 3.63) is 69.9 Å². The standard InChI is InChI=1S/C18H13ClO2/c19-15-6-2-5-14-10-16(21-18(14)15)17(20)13-8-7-11-3-1-4-12(11)9-13/h2,5-10H,1,3-4H2. The molecular formula is C18H13ClO2. The molecule has 0 N–H and O–H groups in total. The van der Waals surface area contributed by atoms with Crippen molar-refractivity contribution in [2.45, 2.75) is 19.3 Å². The summed E-state index contributed by atoms with van der Waals surface area (Å²) in [6.45, 7) is 0. The minimum Gasteiger partial charge on any atom is -0.451 e. The van der Waals surface area contributed by atoms with Crippen LogP contribution >= 0.6 is 11.6 Å². The fourth-order valence-corrected chi connectivity index (χ4v) is 3.22. The number of ketones is 1. The number of hydrogen-bond donors (Lipinski definition) is 0. The minimum absolute atomic E-state index is 0.0861. The molecule has 0 radical (unpaired) electrons. The zero-order valence-corrected chi connectivity index (χ0v) is 12.1. The summed E-state index contributed by atoms with van der Waals surface area (Å²) in [5, 5.41) is 1.38. The van der Waals surface area contributed by atoms with Gasteiger partial charge in [-0.3, -0.25) is 4.79 Å². The third-order valence-electron chi connectivity index (χ3n) is 4.08. The van der Waals surface area contributed by atoms with Gasteiger partial charge in [0.25, 0.3) is 0 Å². The van der Waals surface area contributed by atoms with E-state index in [1.165, 1.54) is 17.5 Å². The molecule has 0 bridgehead atoms. The maximum Gasteiger partial charge on any atom is 0.228 e. The van der Waals surface area contributed by atoms with Crippen molar-refractivity contribution in [2.24, 2.45) is 0 Å². The average molecular weight is 297 g/mol. The van der Waals surface area contributed by atoms with Crippen molar-refractivity contribution in [3.8, 4) is 0 Å². The SMILES string of the molecule is O=C(c1ccc2c(c1)CCC2)c1cc2cccc(Cl)c2o1. The van der Waals surface area contributed by atoms with Crippen LogP contribution in [0, 0.1) is 0 Å². The molecule has 0 fully saturated rings. The van der Waals surface area contributed by atoms with Crippen LogP contribution in [-0.2, 0) is 12.8 Å². The van der Waals surface area contributed by atoms with Crippen LogP contribution in [0.1, 0.15) is 33.7 Å². The lowest BCUT2D eigenvalue weighted by atomic mass is 10.0. The highest BCUT2D eigenvalue weighted by Gasteiger charge is 2.18. The van der Waals surface area contributed by atoms with Crippen molar-refractivity contribution >= 4 is 28.4 Å². The van der Waals surface area contributed by atoms with Crippen LogP contribution in [0.5, 0.6) is 0 Å². The smallest absolute Gasteiger partial charge is 0.228 e. The third-order valence-corrected chi connectivity index (χ3v) is 4.38. The zero-order chi connectivity index (χ0) is 14.4. The number of para-hydroxylation sites is 1. The molecule has 0 amide bonds. The summed E-state index contributed by atoms with van der Waals surface area (Å²) in [7, 11) is 0. The largest absolute Gasteiger partial charge is 0.451 e. The van der Waals surface area contributed by atoms with Gasteiger partial charge in [0.1, 0.15) is 0 Å². The average Bonchev–Trinajstić information content (AvgIpc) is 3.12. The Labute approximate surface area is 127 Å². The number of rotatable bonds is 2. The predicted molar refractivity (Wildman–Crippen MR) is 83.1 cm³/mol. The second kappa shape index (κ2) is 4.74. The van der Waals surface area contributed by atoms with E-state index in [9.17, 15) is 4.79 Å². The normalized spacial score (nSPS) is 13.6. The molecule has 1 aromatic heterocycles. The molecule has 0 saturated carbocycles. The van der Waals surface area contributed by atoms with Crippen LogP contribution in [-0.4, -0.2) is 5.78 Å². The van der Waals surface area contributed by atoms with Crippen LogP contribution in [0.4, 0.5) is 0 Å². The first-order valence-corrected chi connectivity index (χ1v) is 7.45. The lowest BCUT2D eigenvalue weighted by Gasteiger charge is -2.02. The van der Waals surface area contributed by atoms with Gasteiger partial charge in [0.2, 0.25) is 5.78 Å². The molecule has 2 aromatic carbocycles. The number of hydrogen-bond acceptors (Lipinski definition) is 2. The van der Waals surface area contributed by atoms with Gasteiger partial charge < -0.3 is 4.42 Å². The maximum atomic E-state index is 12.6. The molecule has 104 valence electrons. The molecule has 1 heterocycles. The van der Waals surface area contributed by atoms with Gasteiger partial charge in [0.15, 0.2) is 11.3 Å². The first-order chi connectivity index (χ1) is 10.2. The number of halogens is 1. The summed E-state index contributed by atoms with van der Waals surface area (Å²) < 4.78 is 5.65. The molecular weight excluding hydrogens is 284 g/mol. The van der Waals surface area contributed by atoms with E-state index in [-0.39, 0.29) is 5.78 Å². The Hall–Kier alpha value is -2.06. The summed E-state index contributed by atoms with van der Waals surface area (Å²) in [5.74, 6) is 0.257. The second-order valence-electron chi connectivity index (χ2n) is 5.44. The van der Waals surface area contributed by atoms with Gasteiger partial charge in [-0.15, -0.1) is 0 Å². The van der Waals surface area contributed by atoms with Crippen LogP contribution in [0.25, 0.3) is 11.0 Å². The molecule has 0 atom stereocenters. The molecule has 3 heteroatoms. The number of benzene rings is 2. The van der Waals surface area contributed by atoms with E-state index >= 15 is 0 Å². The van der Waals surface area contributed by atoms with Crippen LogP contribution in [0.15, 0.2) is 46.9 Å². The molecule has 4 rings (SSSR count). The minimum atomic E-state index is -0.0861. The Kier molecular flexibility index (Phi) is 2.86. The first kappa shape index (κ1) is 12.7. The topological polar surface area (TPSA) is 30.2 Å². The van der Waals surface area contributed by atoms with E-state index in [0.717, 1.165) is 18.2 Å². The number of carbonyl (C=O) groups is 1. The number of aryl methyl sites for hydroxylation is 2. The van der Waals surface area contributed by atoms with E-state index < -0.39 is 0 Å². The quantitative estimate of drug-likeness (QED) is 0.636. The highest BCUT2D eigenvalue weighted by atomic mass is 35.5. The van der Waals surface area contributed by atoms with Gasteiger partial charge in [-0.1, -0.05) is 35.9 Å². The summed E-state index contributed by atoms with van der Waals surface area (Å²) in [6, 6.07) is 13.2. The second-order valence-corrected chi connectivity index (χ2v) is 5.84. The van der Waals surface area contributed by atoms with Gasteiger partial charge in [0.05, 0.1) is 5.02 Å². The Morgan fingerprint density at radius 1 is 1.05 bits per heavy atom. The summed E-state index contributed by atoms with van der Waals surface area (Å²) in [5.41, 5.74) is 3.91. The van der Waals surface area contributed by atoms with E-state index in [0.29, 0.717) is 21.9 Å². The Bertz CT molecular complexity index is 861. The highest BCUT2D eigenvalue weighted by Crippen LogP contribution is 2.29. The Morgan fingerprint density at radius 3 is 2.76 bits per heavy atom. The van der Waals surface area contributed by atoms with Crippen LogP contribution in [0.2, 0.25) is 5.02 Å². The van der Waals surface area contributed by atoms with Crippen molar-refractivity contribution < 1.29 is 9.21 Å². The van der Waals surface area contributed by atoms with Gasteiger partial charge in [0, 0.05) is 10.9 Å². The third kappa shape index (κ3) is 2.07. The maximum absolute atomic E-state index is 12.6. The fourth-order valence-electron chi connectivity index (χ4n) is 2.99. The molecule has 0 saturated heterocycles. The van der Waals surface area contributed by atoms with Crippen molar-refractivity contribution in [3.63, 3.8) is 0 Å². The lowest BCUT2D eigenvalue weighted by molar-refractivity contribution is 0.101. The molecule has 1 aliphatic rings. The predicted octanol–water partition coefficient (Wildman–Crippen LogP) is 4.81. The van der Waals surface area contributed by atoms with E-state index in [1.54, 1.807) is 12.1 Å². The van der Waals surface area contributed by atoms with Crippen molar-refractivity contribution in [2.75, 3.05) is 0 Å². The molecule has 1 aliphatic carbocycles. The van der Waals surface area contributed by atoms with E-state index in [1.807, 2.05) is 24.3 Å². The Balaban J connectivity index is 1.77. The number of carbonyl (C=O) groups excluding carboxylic acids is 1. The monoisotopic (exact) mass is 296 g/mol.